The first-order chi connectivity index (χ1) is 10.5. The van der Waals surface area contributed by atoms with Crippen molar-refractivity contribution in [2.24, 2.45) is 5.73 Å². The highest BCUT2D eigenvalue weighted by Gasteiger charge is 2.28. The minimum Gasteiger partial charge on any atom is -0.481 e. The normalized spacial score (nSPS) is 17.1. The van der Waals surface area contributed by atoms with Crippen molar-refractivity contribution in [3.05, 3.63) is 23.3 Å². The molecule has 1 atom stereocenters. The molecule has 1 heterocycles. The van der Waals surface area contributed by atoms with E-state index in [4.69, 9.17) is 20.3 Å². The van der Waals surface area contributed by atoms with Crippen LogP contribution in [0.15, 0.2) is 12.1 Å². The summed E-state index contributed by atoms with van der Waals surface area (Å²) >= 11 is 0. The number of carboxylic acids is 1. The SMILES string of the molecule is NC(CCC(=O)O)C(=O)NC1Cc2cc3c(cc2C1)OCO3. The summed E-state index contributed by atoms with van der Waals surface area (Å²) in [7, 11) is 0. The molecule has 0 aromatic heterocycles. The van der Waals surface area contributed by atoms with Crippen LogP contribution in [0.1, 0.15) is 24.0 Å². The predicted molar refractivity (Wildman–Crippen MR) is 76.7 cm³/mol. The molecule has 3 rings (SSSR count). The molecule has 7 heteroatoms. The van der Waals surface area contributed by atoms with Crippen LogP contribution in [0.2, 0.25) is 0 Å². The van der Waals surface area contributed by atoms with Gasteiger partial charge in [0.15, 0.2) is 11.5 Å². The minimum atomic E-state index is -0.953. The van der Waals surface area contributed by atoms with E-state index in [1.807, 2.05) is 12.1 Å². The average molecular weight is 306 g/mol. The zero-order chi connectivity index (χ0) is 15.7. The minimum absolute atomic E-state index is 0.0269. The number of nitrogens with two attached hydrogens (primary N) is 1. The molecule has 1 aromatic rings. The van der Waals surface area contributed by atoms with Crippen LogP contribution >= 0.6 is 0 Å². The summed E-state index contributed by atoms with van der Waals surface area (Å²) in [4.78, 5) is 22.5. The second-order valence-electron chi connectivity index (χ2n) is 5.63. The monoisotopic (exact) mass is 306 g/mol. The summed E-state index contributed by atoms with van der Waals surface area (Å²) in [6, 6.07) is 3.08. The number of hydrogen-bond donors (Lipinski definition) is 3. The van der Waals surface area contributed by atoms with Gasteiger partial charge in [0, 0.05) is 12.5 Å². The number of fused-ring (bicyclic) bond motifs is 2. The second-order valence-corrected chi connectivity index (χ2v) is 5.63. The number of carboxylic acid groups (broad SMARTS) is 1. The maximum atomic E-state index is 12.0. The molecule has 1 amide bonds. The molecule has 1 aliphatic carbocycles. The average Bonchev–Trinajstić information content (AvgIpc) is 3.06. The van der Waals surface area contributed by atoms with E-state index in [9.17, 15) is 9.59 Å². The van der Waals surface area contributed by atoms with E-state index in [0.717, 1.165) is 22.6 Å². The van der Waals surface area contributed by atoms with Crippen molar-refractivity contribution in [1.82, 2.24) is 5.32 Å². The number of ether oxygens (including phenoxy) is 2. The second kappa shape index (κ2) is 5.84. The Morgan fingerprint density at radius 3 is 2.41 bits per heavy atom. The summed E-state index contributed by atoms with van der Waals surface area (Å²) in [6.45, 7) is 0.247. The van der Waals surface area contributed by atoms with Gasteiger partial charge >= 0.3 is 5.97 Å². The maximum Gasteiger partial charge on any atom is 0.303 e. The zero-order valence-electron chi connectivity index (χ0n) is 12.0. The number of rotatable bonds is 5. The van der Waals surface area contributed by atoms with Gasteiger partial charge in [-0.25, -0.2) is 0 Å². The number of nitrogens with one attached hydrogen (secondary N) is 1. The molecule has 1 unspecified atom stereocenters. The lowest BCUT2D eigenvalue weighted by Gasteiger charge is -2.16. The number of aliphatic carboxylic acids is 1. The molecule has 0 bridgehead atoms. The highest BCUT2D eigenvalue weighted by atomic mass is 16.7. The predicted octanol–water partition coefficient (Wildman–Crippen LogP) is 0.191. The Balaban J connectivity index is 1.57. The van der Waals surface area contributed by atoms with Crippen LogP contribution in [0.25, 0.3) is 0 Å². The largest absolute Gasteiger partial charge is 0.481 e. The molecule has 7 nitrogen and oxygen atoms in total. The maximum absolute atomic E-state index is 12.0. The van der Waals surface area contributed by atoms with Crippen LogP contribution in [-0.2, 0) is 22.4 Å². The standard InChI is InChI=1S/C15H18N2O5/c16-11(1-2-14(18)19)15(20)17-10-3-8-5-12-13(22-7-21-12)6-9(8)4-10/h5-6,10-11H,1-4,7,16H2,(H,17,20)(H,18,19). The van der Waals surface area contributed by atoms with E-state index in [1.54, 1.807) is 0 Å². The molecule has 0 spiro atoms. The van der Waals surface area contributed by atoms with E-state index in [2.05, 4.69) is 5.32 Å². The topological polar surface area (TPSA) is 111 Å². The van der Waals surface area contributed by atoms with E-state index in [1.165, 1.54) is 0 Å². The first-order valence-electron chi connectivity index (χ1n) is 7.22. The first kappa shape index (κ1) is 14.6. The Morgan fingerprint density at radius 1 is 1.27 bits per heavy atom. The lowest BCUT2D eigenvalue weighted by molar-refractivity contribution is -0.137. The molecule has 118 valence electrons. The van der Waals surface area contributed by atoms with E-state index >= 15 is 0 Å². The van der Waals surface area contributed by atoms with Gasteiger partial charge in [0.1, 0.15) is 0 Å². The van der Waals surface area contributed by atoms with E-state index < -0.39 is 12.0 Å². The fourth-order valence-corrected chi connectivity index (χ4v) is 2.83. The molecule has 1 aliphatic heterocycles. The van der Waals surface area contributed by atoms with Crippen molar-refractivity contribution in [3.8, 4) is 11.5 Å². The van der Waals surface area contributed by atoms with Crippen molar-refractivity contribution < 1.29 is 24.2 Å². The Hall–Kier alpha value is -2.28. The third-order valence-corrected chi connectivity index (χ3v) is 3.98. The molecule has 0 saturated heterocycles. The Kier molecular flexibility index (Phi) is 3.89. The number of carbonyl (C=O) groups excluding carboxylic acids is 1. The van der Waals surface area contributed by atoms with Gasteiger partial charge in [-0.1, -0.05) is 0 Å². The van der Waals surface area contributed by atoms with Crippen molar-refractivity contribution in [2.45, 2.75) is 37.8 Å². The molecule has 22 heavy (non-hydrogen) atoms. The van der Waals surface area contributed by atoms with Crippen LogP contribution in [-0.4, -0.2) is 35.9 Å². The van der Waals surface area contributed by atoms with Crippen molar-refractivity contribution in [1.29, 1.82) is 0 Å². The van der Waals surface area contributed by atoms with Gasteiger partial charge in [0.2, 0.25) is 12.7 Å². The number of carbonyl (C=O) groups is 2. The number of amides is 1. The molecule has 1 aromatic carbocycles. The fraction of sp³-hybridized carbons (Fsp3) is 0.467. The van der Waals surface area contributed by atoms with E-state index in [-0.39, 0.29) is 31.6 Å². The highest BCUT2D eigenvalue weighted by molar-refractivity contribution is 5.82. The van der Waals surface area contributed by atoms with Gasteiger partial charge in [-0.15, -0.1) is 0 Å². The number of benzene rings is 1. The van der Waals surface area contributed by atoms with Gasteiger partial charge in [0.25, 0.3) is 0 Å². The van der Waals surface area contributed by atoms with Crippen LogP contribution in [0, 0.1) is 0 Å². The van der Waals surface area contributed by atoms with Crippen LogP contribution < -0.4 is 20.5 Å². The quantitative estimate of drug-likeness (QED) is 0.716. The van der Waals surface area contributed by atoms with Crippen molar-refractivity contribution in [2.75, 3.05) is 6.79 Å². The van der Waals surface area contributed by atoms with Gasteiger partial charge in [0.05, 0.1) is 6.04 Å². The molecule has 2 aliphatic rings. The smallest absolute Gasteiger partial charge is 0.303 e. The van der Waals surface area contributed by atoms with Crippen LogP contribution in [0.3, 0.4) is 0 Å². The first-order valence-corrected chi connectivity index (χ1v) is 7.22. The van der Waals surface area contributed by atoms with E-state index in [0.29, 0.717) is 12.8 Å². The zero-order valence-corrected chi connectivity index (χ0v) is 12.0. The molecule has 4 N–H and O–H groups in total. The third-order valence-electron chi connectivity index (χ3n) is 3.98. The summed E-state index contributed by atoms with van der Waals surface area (Å²) in [5.41, 5.74) is 7.98. The van der Waals surface area contributed by atoms with Crippen LogP contribution in [0.5, 0.6) is 11.5 Å². The lowest BCUT2D eigenvalue weighted by atomic mass is 10.1. The molecular formula is C15H18N2O5. The van der Waals surface area contributed by atoms with Gasteiger partial charge < -0.3 is 25.6 Å². The molecule has 0 fully saturated rings. The van der Waals surface area contributed by atoms with Crippen LogP contribution in [0.4, 0.5) is 0 Å². The third kappa shape index (κ3) is 2.99. The summed E-state index contributed by atoms with van der Waals surface area (Å²) in [5.74, 6) is 0.220. The molecule has 0 radical (unpaired) electrons. The molecular weight excluding hydrogens is 288 g/mol. The van der Waals surface area contributed by atoms with Gasteiger partial charge in [-0.05, 0) is 42.5 Å². The summed E-state index contributed by atoms with van der Waals surface area (Å²) < 4.78 is 10.7. The Labute approximate surface area is 127 Å². The van der Waals surface area contributed by atoms with Crippen molar-refractivity contribution in [3.63, 3.8) is 0 Å². The molecule has 0 saturated carbocycles. The summed E-state index contributed by atoms with van der Waals surface area (Å²) in [5, 5.41) is 11.5. The van der Waals surface area contributed by atoms with Crippen molar-refractivity contribution >= 4 is 11.9 Å². The number of hydrogen-bond acceptors (Lipinski definition) is 5. The Bertz CT molecular complexity index is 583. The van der Waals surface area contributed by atoms with Gasteiger partial charge in [-0.3, -0.25) is 9.59 Å². The summed E-state index contributed by atoms with van der Waals surface area (Å²) in [6.07, 6.45) is 1.45. The lowest BCUT2D eigenvalue weighted by Crippen LogP contribution is -2.45. The van der Waals surface area contributed by atoms with Gasteiger partial charge in [-0.2, -0.15) is 0 Å². The highest BCUT2D eigenvalue weighted by Crippen LogP contribution is 2.37. The fourth-order valence-electron chi connectivity index (χ4n) is 2.83. The Morgan fingerprint density at radius 2 is 1.86 bits per heavy atom.